The fraction of sp³-hybridized carbons (Fsp3) is 0.727. The van der Waals surface area contributed by atoms with Crippen LogP contribution >= 0.6 is 0 Å². The van der Waals surface area contributed by atoms with Crippen molar-refractivity contribution in [3.05, 3.63) is 36.0 Å². The lowest BCUT2D eigenvalue weighted by atomic mass is 9.90. The van der Waals surface area contributed by atoms with Crippen LogP contribution in [-0.2, 0) is 19.0 Å². The van der Waals surface area contributed by atoms with Gasteiger partial charge in [0.2, 0.25) is 0 Å². The number of ether oxygens (including phenoxy) is 3. The maximum Gasteiger partial charge on any atom is 0.410 e. The Morgan fingerprint density at radius 3 is 2.44 bits per heavy atom. The molecule has 3 aliphatic rings. The molecule has 0 unspecified atom stereocenters. The molecule has 0 spiro atoms. The molecule has 2 fully saturated rings. The number of hydrogen-bond donors (Lipinski definition) is 1. The van der Waals surface area contributed by atoms with Gasteiger partial charge in [-0.2, -0.15) is 0 Å². The van der Waals surface area contributed by atoms with Gasteiger partial charge in [-0.05, 0) is 56.7 Å². The van der Waals surface area contributed by atoms with Crippen LogP contribution in [0.2, 0.25) is 0 Å². The number of allylic oxidation sites excluding steroid dienone is 2. The van der Waals surface area contributed by atoms with Crippen molar-refractivity contribution in [1.29, 1.82) is 0 Å². The summed E-state index contributed by atoms with van der Waals surface area (Å²) in [6, 6.07) is 0. The first-order chi connectivity index (χ1) is 20.4. The number of hydrogen-bond acceptors (Lipinski definition) is 8. The van der Waals surface area contributed by atoms with Gasteiger partial charge < -0.3 is 34.0 Å². The maximum atomic E-state index is 13.0. The van der Waals surface area contributed by atoms with E-state index in [0.29, 0.717) is 39.0 Å². The highest BCUT2D eigenvalue weighted by molar-refractivity contribution is 5.70. The summed E-state index contributed by atoms with van der Waals surface area (Å²) in [5.74, 6) is -0.112. The van der Waals surface area contributed by atoms with Gasteiger partial charge in [0.05, 0.1) is 12.7 Å². The van der Waals surface area contributed by atoms with E-state index in [2.05, 4.69) is 25.8 Å². The minimum absolute atomic E-state index is 0.0187. The van der Waals surface area contributed by atoms with Crippen LogP contribution in [0.3, 0.4) is 0 Å². The van der Waals surface area contributed by atoms with E-state index in [4.69, 9.17) is 14.2 Å². The molecule has 0 aromatic rings. The monoisotopic (exact) mass is 603 g/mol. The third-order valence-electron chi connectivity index (χ3n) is 8.67. The lowest BCUT2D eigenvalue weighted by molar-refractivity contribution is -0.149. The van der Waals surface area contributed by atoms with Crippen molar-refractivity contribution in [3.8, 4) is 0 Å². The molecule has 0 radical (unpaired) electrons. The third-order valence-corrected chi connectivity index (χ3v) is 8.67. The normalized spacial score (nSPS) is 31.6. The highest BCUT2D eigenvalue weighted by Gasteiger charge is 2.29. The Kier molecular flexibility index (Phi) is 13.6. The molecule has 2 amide bonds. The SMILES string of the molecule is C/C(=C\C=C\[C@@H](C)COC(=O)N1CC[C@@H](O)C1)[C@H]1OC(=O)C[C@H](C)CC[C@H](C)[C@@H](OC(=O)N2CCN(C)CC2)/C=C/[C@@H]1C. The zero-order valence-electron chi connectivity index (χ0n) is 26.9. The molecule has 3 heterocycles. The van der Waals surface area contributed by atoms with E-state index in [0.717, 1.165) is 31.5 Å². The van der Waals surface area contributed by atoms with E-state index in [9.17, 15) is 19.5 Å². The fourth-order valence-corrected chi connectivity index (χ4v) is 5.56. The molecule has 3 aliphatic heterocycles. The minimum Gasteiger partial charge on any atom is -0.457 e. The summed E-state index contributed by atoms with van der Waals surface area (Å²) in [4.78, 5) is 43.6. The van der Waals surface area contributed by atoms with Crippen molar-refractivity contribution in [1.82, 2.24) is 14.7 Å². The minimum atomic E-state index is -0.477. The molecular formula is C33H53N3O7. The first-order valence-corrected chi connectivity index (χ1v) is 15.9. The van der Waals surface area contributed by atoms with Gasteiger partial charge in [-0.25, -0.2) is 9.59 Å². The van der Waals surface area contributed by atoms with E-state index in [1.807, 2.05) is 51.2 Å². The maximum absolute atomic E-state index is 13.0. The number of aliphatic hydroxyl groups is 1. The van der Waals surface area contributed by atoms with E-state index in [1.54, 1.807) is 4.90 Å². The Morgan fingerprint density at radius 2 is 1.77 bits per heavy atom. The lowest BCUT2D eigenvalue weighted by Gasteiger charge is -2.33. The van der Waals surface area contributed by atoms with Gasteiger partial charge in [-0.3, -0.25) is 4.79 Å². The smallest absolute Gasteiger partial charge is 0.410 e. The average Bonchev–Trinajstić information content (AvgIpc) is 3.41. The van der Waals surface area contributed by atoms with Crippen LogP contribution < -0.4 is 0 Å². The molecule has 10 heteroatoms. The van der Waals surface area contributed by atoms with Crippen LogP contribution in [0.4, 0.5) is 9.59 Å². The Labute approximate surface area is 257 Å². The number of piperazine rings is 1. The molecule has 0 saturated carbocycles. The van der Waals surface area contributed by atoms with Gasteiger partial charge in [0, 0.05) is 57.5 Å². The number of cyclic esters (lactones) is 1. The summed E-state index contributed by atoms with van der Waals surface area (Å²) in [6.45, 7) is 14.1. The van der Waals surface area contributed by atoms with E-state index in [1.165, 1.54) is 4.90 Å². The van der Waals surface area contributed by atoms with Crippen molar-refractivity contribution in [3.63, 3.8) is 0 Å². The van der Waals surface area contributed by atoms with Gasteiger partial charge >= 0.3 is 18.2 Å². The summed E-state index contributed by atoms with van der Waals surface area (Å²) in [7, 11) is 2.05. The molecule has 0 bridgehead atoms. The standard InChI is InChI=1S/C33H53N3O7/c1-23-10-11-25(3)29(42-33(40)35-18-16-34(6)17-19-35)13-12-27(5)31(43-30(38)20-23)26(4)9-7-8-24(2)22-41-32(39)36-15-14-28(37)21-36/h7-9,12-13,23-25,27-29,31,37H,10-11,14-22H2,1-6H3/b8-7+,13-12+,26-9+/t23-,24-,25+,27+,28-,29+,31-/m1/s1. The number of amides is 2. The van der Waals surface area contributed by atoms with Gasteiger partial charge in [-0.1, -0.05) is 52.0 Å². The molecule has 0 aromatic heterocycles. The van der Waals surface area contributed by atoms with Crippen LogP contribution in [0.25, 0.3) is 0 Å². The largest absolute Gasteiger partial charge is 0.457 e. The van der Waals surface area contributed by atoms with E-state index >= 15 is 0 Å². The molecule has 0 aliphatic carbocycles. The van der Waals surface area contributed by atoms with Crippen LogP contribution in [0.15, 0.2) is 36.0 Å². The second kappa shape index (κ2) is 16.9. The summed E-state index contributed by atoms with van der Waals surface area (Å²) < 4.78 is 17.5. The van der Waals surface area contributed by atoms with Crippen molar-refractivity contribution in [2.45, 2.75) is 78.6 Å². The van der Waals surface area contributed by atoms with Crippen molar-refractivity contribution in [2.75, 3.05) is 52.9 Å². The molecule has 2 saturated heterocycles. The second-order valence-electron chi connectivity index (χ2n) is 12.9. The average molecular weight is 604 g/mol. The van der Waals surface area contributed by atoms with Gasteiger partial charge in [0.25, 0.3) is 0 Å². The number of nitrogens with zero attached hydrogens (tertiary/aromatic N) is 3. The first-order valence-electron chi connectivity index (χ1n) is 15.9. The van der Waals surface area contributed by atoms with Crippen molar-refractivity contribution < 1.29 is 33.7 Å². The summed E-state index contributed by atoms with van der Waals surface area (Å²) in [5, 5.41) is 9.63. The highest BCUT2D eigenvalue weighted by atomic mass is 16.6. The second-order valence-corrected chi connectivity index (χ2v) is 12.9. The summed E-state index contributed by atoms with van der Waals surface area (Å²) >= 11 is 0. The number of esters is 1. The molecule has 43 heavy (non-hydrogen) atoms. The quantitative estimate of drug-likeness (QED) is 0.203. The number of β-amino-alcohol motifs (C(OH)–C–C–N with tert-alkyl or cyclic N) is 1. The Morgan fingerprint density at radius 1 is 1.05 bits per heavy atom. The van der Waals surface area contributed by atoms with Crippen LogP contribution in [0.1, 0.15) is 60.3 Å². The Balaban J connectivity index is 1.66. The Hall–Kier alpha value is -2.85. The third kappa shape index (κ3) is 11.3. The predicted molar refractivity (Wildman–Crippen MR) is 165 cm³/mol. The lowest BCUT2D eigenvalue weighted by Crippen LogP contribution is -2.48. The topological polar surface area (TPSA) is 109 Å². The number of aliphatic hydroxyl groups excluding tert-OH is 1. The van der Waals surface area contributed by atoms with E-state index < -0.39 is 18.3 Å². The molecule has 10 nitrogen and oxygen atoms in total. The fourth-order valence-electron chi connectivity index (χ4n) is 5.56. The number of likely N-dealkylation sites (N-methyl/N-ethyl adjacent to an activating group) is 1. The zero-order valence-corrected chi connectivity index (χ0v) is 26.9. The zero-order chi connectivity index (χ0) is 31.5. The summed E-state index contributed by atoms with van der Waals surface area (Å²) in [5.41, 5.74) is 0.890. The molecular weight excluding hydrogens is 550 g/mol. The Bertz CT molecular complexity index is 1020. The van der Waals surface area contributed by atoms with Crippen molar-refractivity contribution in [2.24, 2.45) is 23.7 Å². The van der Waals surface area contributed by atoms with E-state index in [-0.39, 0.29) is 48.4 Å². The molecule has 3 rings (SSSR count). The summed E-state index contributed by atoms with van der Waals surface area (Å²) in [6.07, 6.45) is 10.4. The molecule has 242 valence electrons. The highest BCUT2D eigenvalue weighted by Crippen LogP contribution is 2.26. The van der Waals surface area contributed by atoms with Crippen LogP contribution in [-0.4, -0.2) is 109 Å². The number of carbonyl (C=O) groups is 3. The molecule has 1 N–H and O–H groups in total. The first kappa shape index (κ1) is 34.6. The molecule has 0 aromatic carbocycles. The number of rotatable bonds is 6. The molecule has 7 atom stereocenters. The van der Waals surface area contributed by atoms with Gasteiger partial charge in [0.1, 0.15) is 12.2 Å². The number of carbonyl (C=O) groups excluding carboxylic acids is 3. The van der Waals surface area contributed by atoms with Crippen LogP contribution in [0.5, 0.6) is 0 Å². The van der Waals surface area contributed by atoms with Crippen molar-refractivity contribution >= 4 is 18.2 Å². The van der Waals surface area contributed by atoms with Gasteiger partial charge in [0.15, 0.2) is 0 Å². The predicted octanol–water partition coefficient (Wildman–Crippen LogP) is 4.64. The number of likely N-dealkylation sites (tertiary alicyclic amines) is 1. The van der Waals surface area contributed by atoms with Gasteiger partial charge in [-0.15, -0.1) is 0 Å². The van der Waals surface area contributed by atoms with Crippen LogP contribution in [0, 0.1) is 23.7 Å².